The topological polar surface area (TPSA) is 0 Å². The van der Waals surface area contributed by atoms with Crippen LogP contribution in [0.2, 0.25) is 0 Å². The van der Waals surface area contributed by atoms with E-state index in [1.165, 1.54) is 59.5 Å². The van der Waals surface area contributed by atoms with E-state index in [-0.39, 0.29) is 0 Å². The van der Waals surface area contributed by atoms with Crippen molar-refractivity contribution in [2.75, 3.05) is 5.75 Å². The van der Waals surface area contributed by atoms with E-state index >= 15 is 0 Å². The predicted molar refractivity (Wildman–Crippen MR) is 96.2 cm³/mol. The maximum absolute atomic E-state index is 2.63. The summed E-state index contributed by atoms with van der Waals surface area (Å²) in [4.78, 5) is 1.44. The van der Waals surface area contributed by atoms with Crippen LogP contribution in [0.1, 0.15) is 43.2 Å². The Morgan fingerprint density at radius 2 is 1.50 bits per heavy atom. The predicted octanol–water partition coefficient (Wildman–Crippen LogP) is 6.17. The summed E-state index contributed by atoms with van der Waals surface area (Å²) in [5.41, 5.74) is 4.62. The fourth-order valence-electron chi connectivity index (χ4n) is 3.86. The van der Waals surface area contributed by atoms with Crippen LogP contribution in [0.25, 0.3) is 5.57 Å². The maximum atomic E-state index is 2.63. The average Bonchev–Trinajstić information content (AvgIpc) is 2.75. The lowest BCUT2D eigenvalue weighted by molar-refractivity contribution is 0.293. The van der Waals surface area contributed by atoms with Crippen LogP contribution in [0.4, 0.5) is 0 Å². The molecule has 2 aliphatic rings. The van der Waals surface area contributed by atoms with Crippen molar-refractivity contribution in [3.63, 3.8) is 0 Å². The highest BCUT2D eigenvalue weighted by Gasteiger charge is 2.33. The van der Waals surface area contributed by atoms with E-state index in [0.717, 1.165) is 0 Å². The fourth-order valence-corrected chi connectivity index (χ4v) is 5.19. The van der Waals surface area contributed by atoms with Crippen LogP contribution in [-0.2, 0) is 0 Å². The number of benzene rings is 2. The lowest BCUT2D eigenvalue weighted by atomic mass is 9.73. The smallest absolute Gasteiger partial charge is 0.0151 e. The SMILES string of the molecule is C1=C(c2ccccc2)c2ccccc2SCC12CCCCC2. The molecule has 4 rings (SSSR count). The number of thioether (sulfide) groups is 1. The van der Waals surface area contributed by atoms with Gasteiger partial charge in [0.05, 0.1) is 0 Å². The largest absolute Gasteiger partial charge is 0.125 e. The summed E-state index contributed by atoms with van der Waals surface area (Å²) in [6, 6.07) is 19.9. The van der Waals surface area contributed by atoms with Gasteiger partial charge in [-0.3, -0.25) is 0 Å². The Hall–Kier alpha value is -1.47. The average molecular weight is 306 g/mol. The summed E-state index contributed by atoms with van der Waals surface area (Å²) >= 11 is 2.06. The third-order valence-electron chi connectivity index (χ3n) is 5.08. The molecule has 0 bridgehead atoms. The molecular weight excluding hydrogens is 284 g/mol. The van der Waals surface area contributed by atoms with Crippen molar-refractivity contribution in [3.05, 3.63) is 71.8 Å². The molecule has 1 aliphatic carbocycles. The van der Waals surface area contributed by atoms with Gasteiger partial charge >= 0.3 is 0 Å². The van der Waals surface area contributed by atoms with Crippen molar-refractivity contribution in [2.45, 2.75) is 37.0 Å². The lowest BCUT2D eigenvalue weighted by Gasteiger charge is -2.34. The van der Waals surface area contributed by atoms with Crippen LogP contribution < -0.4 is 0 Å². The molecule has 0 N–H and O–H groups in total. The highest BCUT2D eigenvalue weighted by molar-refractivity contribution is 7.99. The summed E-state index contributed by atoms with van der Waals surface area (Å²) in [5.74, 6) is 1.24. The van der Waals surface area contributed by atoms with Crippen molar-refractivity contribution in [2.24, 2.45) is 5.41 Å². The molecule has 0 nitrogen and oxygen atoms in total. The minimum atomic E-state index is 0.396. The molecular formula is C21H22S. The number of allylic oxidation sites excluding steroid dienone is 1. The van der Waals surface area contributed by atoms with Gasteiger partial charge in [-0.2, -0.15) is 0 Å². The maximum Gasteiger partial charge on any atom is 0.0151 e. The minimum absolute atomic E-state index is 0.396. The normalized spacial score (nSPS) is 20.1. The summed E-state index contributed by atoms with van der Waals surface area (Å²) in [6.07, 6.45) is 9.51. The zero-order valence-corrected chi connectivity index (χ0v) is 13.7. The zero-order valence-electron chi connectivity index (χ0n) is 12.9. The van der Waals surface area contributed by atoms with Gasteiger partial charge in [-0.25, -0.2) is 0 Å². The molecule has 0 unspecified atom stereocenters. The summed E-state index contributed by atoms with van der Waals surface area (Å²) in [5, 5.41) is 0. The van der Waals surface area contributed by atoms with Crippen LogP contribution in [0.5, 0.6) is 0 Å². The second kappa shape index (κ2) is 5.96. The molecule has 0 saturated heterocycles. The second-order valence-corrected chi connectivity index (χ2v) is 7.65. The Morgan fingerprint density at radius 1 is 0.773 bits per heavy atom. The Morgan fingerprint density at radius 3 is 2.32 bits per heavy atom. The molecule has 1 spiro atoms. The minimum Gasteiger partial charge on any atom is -0.125 e. The van der Waals surface area contributed by atoms with Crippen LogP contribution in [0, 0.1) is 5.41 Å². The van der Waals surface area contributed by atoms with Gasteiger partial charge in [-0.15, -0.1) is 11.8 Å². The quantitative estimate of drug-likeness (QED) is 0.606. The Balaban J connectivity index is 1.87. The zero-order chi connectivity index (χ0) is 14.8. The molecule has 0 atom stereocenters. The van der Waals surface area contributed by atoms with Crippen LogP contribution in [0.3, 0.4) is 0 Å². The van der Waals surface area contributed by atoms with Crippen molar-refractivity contribution < 1.29 is 0 Å². The van der Waals surface area contributed by atoms with E-state index in [2.05, 4.69) is 72.4 Å². The molecule has 2 aromatic carbocycles. The van der Waals surface area contributed by atoms with E-state index in [1.54, 1.807) is 0 Å². The molecule has 0 aromatic heterocycles. The number of hydrogen-bond acceptors (Lipinski definition) is 1. The van der Waals surface area contributed by atoms with Gasteiger partial charge in [0.1, 0.15) is 0 Å². The summed E-state index contributed by atoms with van der Waals surface area (Å²) in [6.45, 7) is 0. The molecule has 1 heterocycles. The van der Waals surface area contributed by atoms with E-state index in [4.69, 9.17) is 0 Å². The lowest BCUT2D eigenvalue weighted by Crippen LogP contribution is -2.24. The molecule has 1 heteroatoms. The van der Waals surface area contributed by atoms with Crippen molar-refractivity contribution in [1.82, 2.24) is 0 Å². The van der Waals surface area contributed by atoms with Gasteiger partial charge < -0.3 is 0 Å². The molecule has 0 radical (unpaired) electrons. The van der Waals surface area contributed by atoms with Gasteiger partial charge in [-0.05, 0) is 41.0 Å². The van der Waals surface area contributed by atoms with E-state index in [9.17, 15) is 0 Å². The third-order valence-corrected chi connectivity index (χ3v) is 6.46. The molecule has 1 fully saturated rings. The molecule has 0 amide bonds. The first-order chi connectivity index (χ1) is 10.9. The van der Waals surface area contributed by atoms with Crippen LogP contribution in [0.15, 0.2) is 65.6 Å². The Labute approximate surface area is 137 Å². The number of hydrogen-bond donors (Lipinski definition) is 0. The van der Waals surface area contributed by atoms with Crippen LogP contribution >= 0.6 is 11.8 Å². The first-order valence-electron chi connectivity index (χ1n) is 8.37. The number of fused-ring (bicyclic) bond motifs is 1. The molecule has 112 valence electrons. The summed E-state index contributed by atoms with van der Waals surface area (Å²) < 4.78 is 0. The first-order valence-corrected chi connectivity index (χ1v) is 9.35. The standard InChI is InChI=1S/C21H22S/c1-3-9-17(10-4-1)19-15-21(13-7-2-8-14-21)16-22-20-12-6-5-11-18(19)20/h1,3-6,9-12,15H,2,7-8,13-14,16H2. The van der Waals surface area contributed by atoms with Crippen molar-refractivity contribution >= 4 is 17.3 Å². The summed E-state index contributed by atoms with van der Waals surface area (Å²) in [7, 11) is 0. The number of rotatable bonds is 1. The van der Waals surface area contributed by atoms with Crippen molar-refractivity contribution in [3.8, 4) is 0 Å². The third kappa shape index (κ3) is 2.63. The molecule has 22 heavy (non-hydrogen) atoms. The van der Waals surface area contributed by atoms with Gasteiger partial charge in [0, 0.05) is 10.6 Å². The van der Waals surface area contributed by atoms with E-state index < -0.39 is 0 Å². The fraction of sp³-hybridized carbons (Fsp3) is 0.333. The molecule has 2 aromatic rings. The highest BCUT2D eigenvalue weighted by Crippen LogP contribution is 2.48. The molecule has 1 aliphatic heterocycles. The first kappa shape index (κ1) is 14.1. The van der Waals surface area contributed by atoms with E-state index in [1.807, 2.05) is 0 Å². The van der Waals surface area contributed by atoms with Crippen molar-refractivity contribution in [1.29, 1.82) is 0 Å². The van der Waals surface area contributed by atoms with Crippen LogP contribution in [-0.4, -0.2) is 5.75 Å². The molecule has 1 saturated carbocycles. The Bertz CT molecular complexity index is 678. The monoisotopic (exact) mass is 306 g/mol. The van der Waals surface area contributed by atoms with Gasteiger partial charge in [-0.1, -0.05) is 73.9 Å². The van der Waals surface area contributed by atoms with Gasteiger partial charge in [0.2, 0.25) is 0 Å². The van der Waals surface area contributed by atoms with Gasteiger partial charge in [0.25, 0.3) is 0 Å². The van der Waals surface area contributed by atoms with Gasteiger partial charge in [0.15, 0.2) is 0 Å². The second-order valence-electron chi connectivity index (χ2n) is 6.63. The van der Waals surface area contributed by atoms with E-state index in [0.29, 0.717) is 5.41 Å². The Kier molecular flexibility index (Phi) is 3.83. The highest BCUT2D eigenvalue weighted by atomic mass is 32.2.